The quantitative estimate of drug-likeness (QED) is 0.178. The zero-order valence-electron chi connectivity index (χ0n) is 29.7. The van der Waals surface area contributed by atoms with Gasteiger partial charge >= 0.3 is 0 Å². The van der Waals surface area contributed by atoms with Gasteiger partial charge in [-0.2, -0.15) is 4.98 Å². The molecule has 0 bridgehead atoms. The number of thiophene rings is 1. The third kappa shape index (κ3) is 3.47. The molecule has 6 heteroatoms. The lowest BCUT2D eigenvalue weighted by atomic mass is 10.0. The van der Waals surface area contributed by atoms with Crippen LogP contribution in [0.15, 0.2) is 164 Å². The average Bonchev–Trinajstić information content (AvgIpc) is 4.05. The van der Waals surface area contributed by atoms with Crippen molar-refractivity contribution >= 4 is 124 Å². The highest BCUT2D eigenvalue weighted by Gasteiger charge is 2.27. The molecule has 0 radical (unpaired) electrons. The summed E-state index contributed by atoms with van der Waals surface area (Å²) in [6.07, 6.45) is 0. The highest BCUT2D eigenvalue weighted by Crippen LogP contribution is 2.48. The fraction of sp³-hybridized carbons (Fsp3) is 0. The molecule has 14 rings (SSSR count). The lowest BCUT2D eigenvalue weighted by Crippen LogP contribution is -2.06. The van der Waals surface area contributed by atoms with E-state index in [1.165, 1.54) is 80.5 Å². The molecule has 8 aromatic carbocycles. The van der Waals surface area contributed by atoms with E-state index in [-0.39, 0.29) is 0 Å². The first-order valence-corrected chi connectivity index (χ1v) is 19.8. The molecule has 14 aromatic rings. The zero-order valence-corrected chi connectivity index (χ0v) is 30.5. The molecule has 0 atom stereocenters. The lowest BCUT2D eigenvalue weighted by molar-refractivity contribution is 0.977. The maximum atomic E-state index is 5.71. The molecule has 0 spiro atoms. The van der Waals surface area contributed by atoms with Gasteiger partial charge in [0.2, 0.25) is 5.95 Å². The Balaban J connectivity index is 1.21. The summed E-state index contributed by atoms with van der Waals surface area (Å²) < 4.78 is 8.40. The fourth-order valence-electron chi connectivity index (χ4n) is 9.99. The Morgan fingerprint density at radius 2 is 0.964 bits per heavy atom. The summed E-state index contributed by atoms with van der Waals surface area (Å²) in [5.41, 5.74) is 8.19. The molecule has 0 aliphatic heterocycles. The number of benzene rings is 8. The van der Waals surface area contributed by atoms with Crippen LogP contribution in [0.5, 0.6) is 0 Å². The molecular formula is C50H27N5S. The van der Waals surface area contributed by atoms with Crippen LogP contribution in [0.2, 0.25) is 0 Å². The Bertz CT molecular complexity index is 3960. The highest BCUT2D eigenvalue weighted by molar-refractivity contribution is 7.25. The zero-order chi connectivity index (χ0) is 36.2. The first-order valence-electron chi connectivity index (χ1n) is 19.0. The van der Waals surface area contributed by atoms with Gasteiger partial charge in [0.05, 0.1) is 44.0 Å². The third-order valence-corrected chi connectivity index (χ3v) is 13.3. The summed E-state index contributed by atoms with van der Waals surface area (Å²) in [7, 11) is 0. The van der Waals surface area contributed by atoms with E-state index < -0.39 is 0 Å². The molecule has 0 aliphatic rings. The molecule has 0 saturated carbocycles. The summed E-state index contributed by atoms with van der Waals surface area (Å²) >= 11 is 1.74. The van der Waals surface area contributed by atoms with Gasteiger partial charge in [-0.05, 0) is 41.8 Å². The van der Waals surface area contributed by atoms with E-state index in [0.717, 1.165) is 38.1 Å². The minimum absolute atomic E-state index is 0.666. The standard InChI is InChI=1S/C50H27N5S/c1-2-14-29-28(13-1)25-26-35-44-43-33-18-6-11-23-40(33)54(41(43)27-36-32-17-5-10-22-39(32)55(46(29)35)47(36)44)50-51-48(45-34-19-7-12-24-42(34)56-49(45)52-50)53-37-20-8-3-15-30(37)31-16-4-9-21-38(31)53/h1-27H. The van der Waals surface area contributed by atoms with E-state index in [4.69, 9.17) is 9.97 Å². The van der Waals surface area contributed by atoms with Crippen LogP contribution in [0.1, 0.15) is 0 Å². The maximum Gasteiger partial charge on any atom is 0.238 e. The van der Waals surface area contributed by atoms with Crippen LogP contribution in [0.25, 0.3) is 125 Å². The number of hydrogen-bond donors (Lipinski definition) is 0. The van der Waals surface area contributed by atoms with Crippen LogP contribution in [0.3, 0.4) is 0 Å². The van der Waals surface area contributed by atoms with Crippen molar-refractivity contribution in [1.29, 1.82) is 0 Å². The molecular weight excluding hydrogens is 703 g/mol. The molecule has 6 aromatic heterocycles. The van der Waals surface area contributed by atoms with Gasteiger partial charge in [-0.3, -0.25) is 9.13 Å². The average molecular weight is 730 g/mol. The van der Waals surface area contributed by atoms with E-state index in [0.29, 0.717) is 5.95 Å². The predicted octanol–water partition coefficient (Wildman–Crippen LogP) is 13.3. The van der Waals surface area contributed by atoms with Crippen molar-refractivity contribution < 1.29 is 0 Å². The topological polar surface area (TPSA) is 40.0 Å². The number of rotatable bonds is 2. The summed E-state index contributed by atoms with van der Waals surface area (Å²) in [6, 6.07) is 59.5. The van der Waals surface area contributed by atoms with Crippen LogP contribution < -0.4 is 0 Å². The number of aromatic nitrogens is 5. The van der Waals surface area contributed by atoms with Crippen molar-refractivity contribution in [2.75, 3.05) is 0 Å². The minimum Gasteiger partial charge on any atom is -0.307 e. The molecule has 6 heterocycles. The second kappa shape index (κ2) is 10.3. The normalized spacial score (nSPS) is 12.6. The van der Waals surface area contributed by atoms with Gasteiger partial charge in [0.1, 0.15) is 4.83 Å². The van der Waals surface area contributed by atoms with Crippen LogP contribution in [-0.2, 0) is 0 Å². The molecule has 0 N–H and O–H groups in total. The maximum absolute atomic E-state index is 5.71. The summed E-state index contributed by atoms with van der Waals surface area (Å²) in [5.74, 6) is 1.56. The van der Waals surface area contributed by atoms with Crippen LogP contribution >= 0.6 is 11.3 Å². The molecule has 0 amide bonds. The van der Waals surface area contributed by atoms with Gasteiger partial charge in [-0.15, -0.1) is 11.3 Å². The Labute approximate surface area is 321 Å². The number of fused-ring (bicyclic) bond motifs is 18. The Morgan fingerprint density at radius 1 is 0.375 bits per heavy atom. The van der Waals surface area contributed by atoms with E-state index >= 15 is 0 Å². The Morgan fingerprint density at radius 3 is 1.71 bits per heavy atom. The Hall–Kier alpha value is -7.28. The van der Waals surface area contributed by atoms with Crippen molar-refractivity contribution in [3.05, 3.63) is 164 Å². The first kappa shape index (κ1) is 29.1. The van der Waals surface area contributed by atoms with Gasteiger partial charge in [0.25, 0.3) is 0 Å². The minimum atomic E-state index is 0.666. The molecule has 0 aliphatic carbocycles. The number of nitrogens with zero attached hydrogens (tertiary/aromatic N) is 5. The first-order chi connectivity index (χ1) is 27.8. The monoisotopic (exact) mass is 729 g/mol. The van der Waals surface area contributed by atoms with Crippen LogP contribution in [0.4, 0.5) is 0 Å². The van der Waals surface area contributed by atoms with Gasteiger partial charge < -0.3 is 4.40 Å². The largest absolute Gasteiger partial charge is 0.307 e. The van der Waals surface area contributed by atoms with E-state index in [1.807, 2.05) is 0 Å². The number of hydrogen-bond acceptors (Lipinski definition) is 3. The van der Waals surface area contributed by atoms with Crippen molar-refractivity contribution in [1.82, 2.24) is 23.5 Å². The molecule has 0 fully saturated rings. The Kier molecular flexibility index (Phi) is 5.34. The fourth-order valence-corrected chi connectivity index (χ4v) is 11.1. The molecule has 258 valence electrons. The summed E-state index contributed by atoms with van der Waals surface area (Å²) in [4.78, 5) is 12.2. The van der Waals surface area contributed by atoms with Crippen LogP contribution in [-0.4, -0.2) is 23.5 Å². The van der Waals surface area contributed by atoms with Crippen molar-refractivity contribution in [2.24, 2.45) is 0 Å². The van der Waals surface area contributed by atoms with Gasteiger partial charge in [-0.1, -0.05) is 127 Å². The molecule has 0 saturated heterocycles. The van der Waals surface area contributed by atoms with Gasteiger partial charge in [0, 0.05) is 58.6 Å². The van der Waals surface area contributed by atoms with Crippen molar-refractivity contribution in [2.45, 2.75) is 0 Å². The SMILES string of the molecule is c1ccc2c(c1)ccc1c3c4c5ccccc5n(-c5nc(-n6c7ccccc7c7ccccc76)c6c(n5)sc5ccccc56)c4cc4c5ccccc5n(c21)c43. The van der Waals surface area contributed by atoms with E-state index in [1.54, 1.807) is 11.3 Å². The van der Waals surface area contributed by atoms with Crippen molar-refractivity contribution in [3.8, 4) is 11.8 Å². The van der Waals surface area contributed by atoms with Gasteiger partial charge in [-0.25, -0.2) is 4.98 Å². The van der Waals surface area contributed by atoms with E-state index in [9.17, 15) is 0 Å². The smallest absolute Gasteiger partial charge is 0.238 e. The summed E-state index contributed by atoms with van der Waals surface area (Å²) in [5, 5.41) is 14.6. The van der Waals surface area contributed by atoms with Crippen LogP contribution in [0, 0.1) is 0 Å². The van der Waals surface area contributed by atoms with E-state index in [2.05, 4.69) is 177 Å². The molecule has 0 unspecified atom stereocenters. The summed E-state index contributed by atoms with van der Waals surface area (Å²) in [6.45, 7) is 0. The third-order valence-electron chi connectivity index (χ3n) is 12.2. The molecule has 5 nitrogen and oxygen atoms in total. The van der Waals surface area contributed by atoms with Gasteiger partial charge in [0.15, 0.2) is 5.82 Å². The predicted molar refractivity (Wildman–Crippen MR) is 236 cm³/mol. The lowest BCUT2D eigenvalue weighted by Gasteiger charge is -2.13. The van der Waals surface area contributed by atoms with Crippen molar-refractivity contribution in [3.63, 3.8) is 0 Å². The highest BCUT2D eigenvalue weighted by atomic mass is 32.1. The number of para-hydroxylation sites is 4. The second-order valence-corrected chi connectivity index (χ2v) is 16.0. The second-order valence-electron chi connectivity index (χ2n) is 14.9. The molecule has 56 heavy (non-hydrogen) atoms.